The molecule has 0 saturated carbocycles. The second-order valence-electron chi connectivity index (χ2n) is 5.23. The molecule has 0 unspecified atom stereocenters. The van der Waals surface area contributed by atoms with Crippen molar-refractivity contribution in [2.75, 3.05) is 25.0 Å². The van der Waals surface area contributed by atoms with Crippen molar-refractivity contribution < 1.29 is 8.78 Å². The molecule has 4 nitrogen and oxygen atoms in total. The lowest BCUT2D eigenvalue weighted by Crippen LogP contribution is -2.27. The highest BCUT2D eigenvalue weighted by atomic mass is 32.1. The largest absolute Gasteiger partial charge is 0.352 e. The highest BCUT2D eigenvalue weighted by molar-refractivity contribution is 7.15. The predicted molar refractivity (Wildman–Crippen MR) is 78.9 cm³/mol. The average Bonchev–Trinajstić information content (AvgIpc) is 2.89. The van der Waals surface area contributed by atoms with E-state index in [2.05, 4.69) is 24.1 Å². The number of nitrogens with zero attached hydrogens (tertiary/aromatic N) is 3. The van der Waals surface area contributed by atoms with E-state index < -0.39 is 6.43 Å². The van der Waals surface area contributed by atoms with Crippen molar-refractivity contribution >= 4 is 22.1 Å². The van der Waals surface area contributed by atoms with Gasteiger partial charge in [0.05, 0.1) is 12.2 Å². The van der Waals surface area contributed by atoms with Crippen LogP contribution in [0.4, 0.5) is 14.6 Å². The monoisotopic (exact) mass is 302 g/mol. The fourth-order valence-corrected chi connectivity index (χ4v) is 2.79. The van der Waals surface area contributed by atoms with Crippen LogP contribution in [0.1, 0.15) is 19.5 Å². The molecular weight excluding hydrogens is 282 g/mol. The number of aromatic nitrogens is 2. The smallest absolute Gasteiger partial charge is 0.255 e. The topological polar surface area (TPSA) is 32.6 Å². The van der Waals surface area contributed by atoms with Gasteiger partial charge in [0.15, 0.2) is 10.8 Å². The number of hydrogen-bond acceptors (Lipinski definition) is 4. The van der Waals surface area contributed by atoms with Gasteiger partial charge >= 0.3 is 0 Å². The number of fused-ring (bicyclic) bond motifs is 1. The molecule has 2 rings (SSSR count). The lowest BCUT2D eigenvalue weighted by molar-refractivity contribution is 0.156. The van der Waals surface area contributed by atoms with Crippen LogP contribution in [-0.2, 0) is 6.54 Å². The first-order valence-electron chi connectivity index (χ1n) is 6.63. The minimum atomic E-state index is -2.36. The molecule has 0 spiro atoms. The highest BCUT2D eigenvalue weighted by Gasteiger charge is 2.18. The summed E-state index contributed by atoms with van der Waals surface area (Å²) in [6, 6.07) is 0. The van der Waals surface area contributed by atoms with Crippen LogP contribution in [-0.4, -0.2) is 35.9 Å². The first-order chi connectivity index (χ1) is 9.49. The Hall–Kier alpha value is -1.21. The van der Waals surface area contributed by atoms with Gasteiger partial charge in [0, 0.05) is 25.2 Å². The average molecular weight is 302 g/mol. The molecule has 2 heterocycles. The van der Waals surface area contributed by atoms with Crippen LogP contribution in [0.5, 0.6) is 0 Å². The summed E-state index contributed by atoms with van der Waals surface area (Å²) >= 11 is 1.51. The van der Waals surface area contributed by atoms with Crippen LogP contribution in [0.2, 0.25) is 0 Å². The molecule has 1 N–H and O–H groups in total. The van der Waals surface area contributed by atoms with Gasteiger partial charge in [0.1, 0.15) is 0 Å². The van der Waals surface area contributed by atoms with E-state index >= 15 is 0 Å². The zero-order chi connectivity index (χ0) is 14.7. The Morgan fingerprint density at radius 3 is 2.85 bits per heavy atom. The quantitative estimate of drug-likeness (QED) is 0.853. The Labute approximate surface area is 121 Å². The van der Waals surface area contributed by atoms with Crippen LogP contribution >= 0.6 is 11.3 Å². The second kappa shape index (κ2) is 6.49. The molecule has 0 amide bonds. The Kier molecular flexibility index (Phi) is 4.93. The number of imidazole rings is 1. The lowest BCUT2D eigenvalue weighted by Gasteiger charge is -2.18. The maximum absolute atomic E-state index is 12.6. The number of thiazole rings is 1. The van der Waals surface area contributed by atoms with Crippen LogP contribution in [0.15, 0.2) is 11.6 Å². The van der Waals surface area contributed by atoms with Gasteiger partial charge in [-0.1, -0.05) is 13.8 Å². The minimum Gasteiger partial charge on any atom is -0.352 e. The van der Waals surface area contributed by atoms with Crippen molar-refractivity contribution in [3.8, 4) is 0 Å². The number of halogens is 2. The van der Waals surface area contributed by atoms with Gasteiger partial charge in [-0.3, -0.25) is 4.40 Å². The molecule has 112 valence electrons. The zero-order valence-corrected chi connectivity index (χ0v) is 12.8. The molecule has 2 aromatic heterocycles. The van der Waals surface area contributed by atoms with E-state index in [1.54, 1.807) is 7.05 Å². The van der Waals surface area contributed by atoms with Crippen LogP contribution in [0.25, 0.3) is 4.96 Å². The normalized spacial score (nSPS) is 11.9. The van der Waals surface area contributed by atoms with Gasteiger partial charge in [-0.25, -0.2) is 13.8 Å². The molecule has 0 aliphatic rings. The van der Waals surface area contributed by atoms with Gasteiger partial charge in [-0.05, 0) is 12.5 Å². The molecule has 2 aromatic rings. The third kappa shape index (κ3) is 3.46. The van der Waals surface area contributed by atoms with E-state index in [4.69, 9.17) is 0 Å². The van der Waals surface area contributed by atoms with Crippen molar-refractivity contribution in [1.29, 1.82) is 0 Å². The van der Waals surface area contributed by atoms with Crippen molar-refractivity contribution in [3.05, 3.63) is 17.3 Å². The Morgan fingerprint density at radius 1 is 1.45 bits per heavy atom. The van der Waals surface area contributed by atoms with Gasteiger partial charge < -0.3 is 10.2 Å². The van der Waals surface area contributed by atoms with Gasteiger partial charge in [-0.15, -0.1) is 11.3 Å². The molecule has 20 heavy (non-hydrogen) atoms. The summed E-state index contributed by atoms with van der Waals surface area (Å²) in [6.07, 6.45) is -0.435. The van der Waals surface area contributed by atoms with Gasteiger partial charge in [0.25, 0.3) is 6.43 Å². The third-order valence-corrected chi connectivity index (χ3v) is 3.71. The lowest BCUT2D eigenvalue weighted by atomic mass is 10.2. The van der Waals surface area contributed by atoms with E-state index in [1.807, 2.05) is 16.0 Å². The summed E-state index contributed by atoms with van der Waals surface area (Å²) in [7, 11) is 1.66. The summed E-state index contributed by atoms with van der Waals surface area (Å²) < 4.78 is 27.1. The van der Waals surface area contributed by atoms with Crippen LogP contribution < -0.4 is 10.2 Å². The summed E-state index contributed by atoms with van der Waals surface area (Å²) in [4.78, 5) is 6.82. The number of nitrogens with one attached hydrogen (secondary N) is 1. The molecule has 0 aliphatic heterocycles. The fourth-order valence-electron chi connectivity index (χ4n) is 2.06. The van der Waals surface area contributed by atoms with E-state index in [0.29, 0.717) is 18.3 Å². The highest BCUT2D eigenvalue weighted by Crippen LogP contribution is 2.24. The molecule has 0 aliphatic carbocycles. The molecule has 0 bridgehead atoms. The second-order valence-corrected chi connectivity index (χ2v) is 6.11. The maximum Gasteiger partial charge on any atom is 0.255 e. The number of anilines is 1. The standard InChI is InChI=1S/C13H20F2N4S/c1-9(2)6-16-7-10-12(18(3)8-11(14)15)17-13-19(10)4-5-20-13/h4-5,9,11,16H,6-8H2,1-3H3. The Morgan fingerprint density at radius 2 is 2.20 bits per heavy atom. The van der Waals surface area contributed by atoms with Crippen molar-refractivity contribution in [3.63, 3.8) is 0 Å². The summed E-state index contributed by atoms with van der Waals surface area (Å²) in [5.74, 6) is 1.18. The van der Waals surface area contributed by atoms with E-state index in [0.717, 1.165) is 17.2 Å². The third-order valence-electron chi connectivity index (χ3n) is 2.96. The van der Waals surface area contributed by atoms with E-state index in [9.17, 15) is 8.78 Å². The zero-order valence-electron chi connectivity index (χ0n) is 11.9. The van der Waals surface area contributed by atoms with Crippen LogP contribution in [0.3, 0.4) is 0 Å². The van der Waals surface area contributed by atoms with Crippen molar-refractivity contribution in [1.82, 2.24) is 14.7 Å². The molecule has 7 heteroatoms. The van der Waals surface area contributed by atoms with Crippen molar-refractivity contribution in [2.45, 2.75) is 26.8 Å². The number of rotatable bonds is 7. The Bertz CT molecular complexity index is 550. The van der Waals surface area contributed by atoms with E-state index in [-0.39, 0.29) is 6.54 Å². The summed E-state index contributed by atoms with van der Waals surface area (Å²) in [6.45, 7) is 5.47. The number of alkyl halides is 2. The molecular formula is C13H20F2N4S. The molecule has 0 radical (unpaired) electrons. The van der Waals surface area contributed by atoms with Crippen LogP contribution in [0, 0.1) is 5.92 Å². The molecule has 0 saturated heterocycles. The minimum absolute atomic E-state index is 0.304. The van der Waals surface area contributed by atoms with E-state index in [1.165, 1.54) is 16.2 Å². The Balaban J connectivity index is 2.21. The summed E-state index contributed by atoms with van der Waals surface area (Å²) in [5.41, 5.74) is 0.935. The predicted octanol–water partition coefficient (Wildman–Crippen LogP) is 2.84. The van der Waals surface area contributed by atoms with Gasteiger partial charge in [0.2, 0.25) is 0 Å². The van der Waals surface area contributed by atoms with Gasteiger partial charge in [-0.2, -0.15) is 0 Å². The summed E-state index contributed by atoms with van der Waals surface area (Å²) in [5, 5.41) is 5.30. The maximum atomic E-state index is 12.6. The SMILES string of the molecule is CC(C)CNCc1c(N(C)CC(F)F)nc2sccn12. The first-order valence-corrected chi connectivity index (χ1v) is 7.51. The molecule has 0 fully saturated rings. The first kappa shape index (κ1) is 15.2. The fraction of sp³-hybridized carbons (Fsp3) is 0.615. The van der Waals surface area contributed by atoms with Crippen molar-refractivity contribution in [2.24, 2.45) is 5.92 Å². The molecule has 0 atom stereocenters. The number of hydrogen-bond donors (Lipinski definition) is 1. The molecule has 0 aromatic carbocycles.